The number of hydrogen-bond donors (Lipinski definition) is 3. The minimum atomic E-state index is -0.444. The van der Waals surface area contributed by atoms with Crippen molar-refractivity contribution in [3.63, 3.8) is 0 Å². The summed E-state index contributed by atoms with van der Waals surface area (Å²) in [6.07, 6.45) is 1.94. The summed E-state index contributed by atoms with van der Waals surface area (Å²) in [5, 5.41) is 6.02. The fourth-order valence-electron chi connectivity index (χ4n) is 2.01. The lowest BCUT2D eigenvalue weighted by Crippen LogP contribution is -2.39. The van der Waals surface area contributed by atoms with Crippen LogP contribution in [0, 0.1) is 0 Å². The van der Waals surface area contributed by atoms with Gasteiger partial charge in [0.15, 0.2) is 0 Å². The average Bonchev–Trinajstić information content (AvgIpc) is 2.90. The molecule has 2 rings (SSSR count). The summed E-state index contributed by atoms with van der Waals surface area (Å²) in [6.45, 7) is 1.38. The van der Waals surface area contributed by atoms with Crippen LogP contribution in [0.3, 0.4) is 0 Å². The highest BCUT2D eigenvalue weighted by molar-refractivity contribution is 5.92. The molecular weight excluding hydrogens is 230 g/mol. The summed E-state index contributed by atoms with van der Waals surface area (Å²) >= 11 is 0. The SMILES string of the molecule is NC(=O)c1ccc(CNC(=O)C2CCCN2)cc1. The second-order valence-corrected chi connectivity index (χ2v) is 4.43. The zero-order chi connectivity index (χ0) is 13.0. The number of nitrogens with two attached hydrogens (primary N) is 1. The lowest BCUT2D eigenvalue weighted by atomic mass is 10.1. The molecule has 1 aliphatic rings. The van der Waals surface area contributed by atoms with Crippen molar-refractivity contribution >= 4 is 11.8 Å². The topological polar surface area (TPSA) is 84.2 Å². The maximum atomic E-state index is 11.7. The van der Waals surface area contributed by atoms with Crippen molar-refractivity contribution in [3.8, 4) is 0 Å². The summed E-state index contributed by atoms with van der Waals surface area (Å²) in [7, 11) is 0. The third kappa shape index (κ3) is 3.07. The molecule has 5 heteroatoms. The van der Waals surface area contributed by atoms with E-state index in [1.165, 1.54) is 0 Å². The van der Waals surface area contributed by atoms with E-state index in [2.05, 4.69) is 10.6 Å². The molecule has 1 saturated heterocycles. The molecule has 0 saturated carbocycles. The van der Waals surface area contributed by atoms with Gasteiger partial charge in [0.05, 0.1) is 6.04 Å². The summed E-state index contributed by atoms with van der Waals surface area (Å²) in [5.74, 6) is -0.410. The second kappa shape index (κ2) is 5.64. The minimum absolute atomic E-state index is 0.0338. The van der Waals surface area contributed by atoms with E-state index in [0.29, 0.717) is 12.1 Å². The molecule has 5 nitrogen and oxygen atoms in total. The average molecular weight is 247 g/mol. The van der Waals surface area contributed by atoms with Crippen molar-refractivity contribution < 1.29 is 9.59 Å². The summed E-state index contributed by atoms with van der Waals surface area (Å²) in [4.78, 5) is 22.6. The Hall–Kier alpha value is -1.88. The first-order valence-electron chi connectivity index (χ1n) is 6.06. The molecule has 18 heavy (non-hydrogen) atoms. The molecule has 1 atom stereocenters. The Morgan fingerprint density at radius 3 is 2.61 bits per heavy atom. The van der Waals surface area contributed by atoms with Crippen molar-refractivity contribution in [1.29, 1.82) is 0 Å². The third-order valence-electron chi connectivity index (χ3n) is 3.08. The minimum Gasteiger partial charge on any atom is -0.366 e. The van der Waals surface area contributed by atoms with Crippen LogP contribution in [0.25, 0.3) is 0 Å². The predicted molar refractivity (Wildman–Crippen MR) is 67.8 cm³/mol. The largest absolute Gasteiger partial charge is 0.366 e. The first-order valence-corrected chi connectivity index (χ1v) is 6.06. The molecular formula is C13H17N3O2. The van der Waals surface area contributed by atoms with Crippen LogP contribution in [0.1, 0.15) is 28.8 Å². The maximum Gasteiger partial charge on any atom is 0.248 e. The standard InChI is InChI=1S/C13H17N3O2/c14-12(17)10-5-3-9(4-6-10)8-16-13(18)11-2-1-7-15-11/h3-6,11,15H,1-2,7-8H2,(H2,14,17)(H,16,18). The van der Waals surface area contributed by atoms with Gasteiger partial charge in [-0.15, -0.1) is 0 Å². The van der Waals surface area contributed by atoms with Crippen molar-refractivity contribution in [2.75, 3.05) is 6.54 Å². The van der Waals surface area contributed by atoms with Crippen LogP contribution < -0.4 is 16.4 Å². The van der Waals surface area contributed by atoms with E-state index in [1.807, 2.05) is 0 Å². The lowest BCUT2D eigenvalue weighted by Gasteiger charge is -2.11. The highest BCUT2D eigenvalue weighted by Crippen LogP contribution is 2.06. The maximum absolute atomic E-state index is 11.7. The van der Waals surface area contributed by atoms with Gasteiger partial charge in [0.25, 0.3) is 0 Å². The zero-order valence-corrected chi connectivity index (χ0v) is 10.1. The Morgan fingerprint density at radius 2 is 2.06 bits per heavy atom. The second-order valence-electron chi connectivity index (χ2n) is 4.43. The fraction of sp³-hybridized carbons (Fsp3) is 0.385. The van der Waals surface area contributed by atoms with Crippen LogP contribution in [0.15, 0.2) is 24.3 Å². The predicted octanol–water partition coefficient (Wildman–Crippen LogP) is 0.154. The first kappa shape index (κ1) is 12.6. The van der Waals surface area contributed by atoms with Crippen LogP contribution in [-0.2, 0) is 11.3 Å². The molecule has 1 aliphatic heterocycles. The summed E-state index contributed by atoms with van der Waals surface area (Å²) in [5.41, 5.74) is 6.58. The van der Waals surface area contributed by atoms with E-state index >= 15 is 0 Å². The number of rotatable bonds is 4. The quantitative estimate of drug-likeness (QED) is 0.708. The van der Waals surface area contributed by atoms with E-state index in [0.717, 1.165) is 24.9 Å². The molecule has 1 unspecified atom stereocenters. The molecule has 0 radical (unpaired) electrons. The molecule has 4 N–H and O–H groups in total. The summed E-state index contributed by atoms with van der Waals surface area (Å²) in [6, 6.07) is 6.86. The van der Waals surface area contributed by atoms with Crippen LogP contribution in [0.5, 0.6) is 0 Å². The van der Waals surface area contributed by atoms with Gasteiger partial charge in [0.1, 0.15) is 0 Å². The van der Waals surface area contributed by atoms with Crippen LogP contribution in [-0.4, -0.2) is 24.4 Å². The highest BCUT2D eigenvalue weighted by atomic mass is 16.2. The highest BCUT2D eigenvalue weighted by Gasteiger charge is 2.21. The van der Waals surface area contributed by atoms with Gasteiger partial charge < -0.3 is 16.4 Å². The van der Waals surface area contributed by atoms with Gasteiger partial charge in [0, 0.05) is 12.1 Å². The Balaban J connectivity index is 1.86. The number of carbonyl (C=O) groups excluding carboxylic acids is 2. The van der Waals surface area contributed by atoms with Crippen LogP contribution in [0.2, 0.25) is 0 Å². The fourth-order valence-corrected chi connectivity index (χ4v) is 2.01. The molecule has 96 valence electrons. The van der Waals surface area contributed by atoms with Gasteiger partial charge in [-0.3, -0.25) is 9.59 Å². The lowest BCUT2D eigenvalue weighted by molar-refractivity contribution is -0.122. The van der Waals surface area contributed by atoms with Crippen molar-refractivity contribution in [1.82, 2.24) is 10.6 Å². The molecule has 1 fully saturated rings. The van der Waals surface area contributed by atoms with Gasteiger partial charge in [-0.2, -0.15) is 0 Å². The van der Waals surface area contributed by atoms with Gasteiger partial charge in [-0.05, 0) is 37.1 Å². The van der Waals surface area contributed by atoms with Gasteiger partial charge in [0.2, 0.25) is 11.8 Å². The van der Waals surface area contributed by atoms with E-state index in [4.69, 9.17) is 5.73 Å². The number of hydrogen-bond acceptors (Lipinski definition) is 3. The monoisotopic (exact) mass is 247 g/mol. The molecule has 1 aromatic carbocycles. The van der Waals surface area contributed by atoms with E-state index in [1.54, 1.807) is 24.3 Å². The van der Waals surface area contributed by atoms with Crippen LogP contribution >= 0.6 is 0 Å². The normalized spacial score (nSPS) is 18.6. The zero-order valence-electron chi connectivity index (χ0n) is 10.1. The Labute approximate surface area is 106 Å². The Kier molecular flexibility index (Phi) is 3.94. The Bertz CT molecular complexity index is 436. The molecule has 1 heterocycles. The summed E-state index contributed by atoms with van der Waals surface area (Å²) < 4.78 is 0. The number of nitrogens with one attached hydrogen (secondary N) is 2. The molecule has 0 bridgehead atoms. The number of carbonyl (C=O) groups is 2. The molecule has 0 spiro atoms. The van der Waals surface area contributed by atoms with Crippen molar-refractivity contribution in [2.24, 2.45) is 5.73 Å². The van der Waals surface area contributed by atoms with Crippen molar-refractivity contribution in [3.05, 3.63) is 35.4 Å². The van der Waals surface area contributed by atoms with Crippen LogP contribution in [0.4, 0.5) is 0 Å². The molecule has 0 aromatic heterocycles. The first-order chi connectivity index (χ1) is 8.66. The van der Waals surface area contributed by atoms with E-state index in [-0.39, 0.29) is 11.9 Å². The molecule has 1 aromatic rings. The third-order valence-corrected chi connectivity index (χ3v) is 3.08. The van der Waals surface area contributed by atoms with Crippen molar-refractivity contribution in [2.45, 2.75) is 25.4 Å². The molecule has 0 aliphatic carbocycles. The number of benzene rings is 1. The van der Waals surface area contributed by atoms with Gasteiger partial charge in [-0.1, -0.05) is 12.1 Å². The van der Waals surface area contributed by atoms with E-state index < -0.39 is 5.91 Å². The van der Waals surface area contributed by atoms with E-state index in [9.17, 15) is 9.59 Å². The smallest absolute Gasteiger partial charge is 0.248 e. The van der Waals surface area contributed by atoms with Gasteiger partial charge >= 0.3 is 0 Å². The number of amides is 2. The Morgan fingerprint density at radius 1 is 1.33 bits per heavy atom. The van der Waals surface area contributed by atoms with Gasteiger partial charge in [-0.25, -0.2) is 0 Å². The number of primary amides is 1. The molecule has 2 amide bonds.